The van der Waals surface area contributed by atoms with Crippen LogP contribution in [0.25, 0.3) is 0 Å². The number of terminal acetylenes is 1. The lowest BCUT2D eigenvalue weighted by Gasteiger charge is -2.03. The van der Waals surface area contributed by atoms with Crippen LogP contribution >= 0.6 is 0 Å². The highest BCUT2D eigenvalue weighted by Gasteiger charge is 1.99. The minimum absolute atomic E-state index is 0.129. The molecule has 0 aliphatic rings. The molecule has 1 N–H and O–H groups in total. The van der Waals surface area contributed by atoms with Crippen molar-refractivity contribution in [2.45, 2.75) is 26.8 Å². The third-order valence-electron chi connectivity index (χ3n) is 1.03. The van der Waals surface area contributed by atoms with E-state index < -0.39 is 0 Å². The molecule has 0 radical (unpaired) electrons. The van der Waals surface area contributed by atoms with Gasteiger partial charge in [-0.1, -0.05) is 11.5 Å². The second-order valence-corrected chi connectivity index (χ2v) is 2.62. The Hall–Kier alpha value is -1.23. The molecule has 1 atom stereocenters. The van der Waals surface area contributed by atoms with Gasteiger partial charge in [-0.3, -0.25) is 4.79 Å². The van der Waals surface area contributed by atoms with Crippen LogP contribution < -0.4 is 5.32 Å². The van der Waals surface area contributed by atoms with E-state index in [1.54, 1.807) is 6.92 Å². The fourth-order valence-corrected chi connectivity index (χ4v) is 0.559. The van der Waals surface area contributed by atoms with Crippen molar-refractivity contribution in [1.82, 2.24) is 5.32 Å². The lowest BCUT2D eigenvalue weighted by atomic mass is 10.3. The summed E-state index contributed by atoms with van der Waals surface area (Å²) < 4.78 is 0. The Bertz CT molecular complexity index is 206. The molecule has 0 spiro atoms. The number of hydrogen-bond acceptors (Lipinski definition) is 1. The van der Waals surface area contributed by atoms with Crippen LogP contribution in [0.5, 0.6) is 0 Å². The normalized spacial score (nSPS) is 11.1. The van der Waals surface area contributed by atoms with Crippen molar-refractivity contribution in [1.29, 1.82) is 0 Å². The Morgan fingerprint density at radius 3 is 2.55 bits per heavy atom. The number of rotatable bonds is 2. The van der Waals surface area contributed by atoms with Crippen LogP contribution in [-0.2, 0) is 4.79 Å². The van der Waals surface area contributed by atoms with Crippen LogP contribution in [-0.4, -0.2) is 11.9 Å². The fourth-order valence-electron chi connectivity index (χ4n) is 0.559. The first-order valence-electron chi connectivity index (χ1n) is 3.47. The summed E-state index contributed by atoms with van der Waals surface area (Å²) in [7, 11) is 0. The molecule has 0 bridgehead atoms. The predicted octanol–water partition coefficient (Wildman–Crippen LogP) is 1.09. The quantitative estimate of drug-likeness (QED) is 0.464. The minimum atomic E-state index is -0.196. The number of carbonyl (C=O) groups is 1. The van der Waals surface area contributed by atoms with E-state index in [0.29, 0.717) is 0 Å². The van der Waals surface area contributed by atoms with Crippen LogP contribution in [0.15, 0.2) is 11.6 Å². The van der Waals surface area contributed by atoms with E-state index in [4.69, 9.17) is 6.42 Å². The third kappa shape index (κ3) is 5.23. The van der Waals surface area contributed by atoms with Gasteiger partial charge in [-0.15, -0.1) is 6.42 Å². The maximum Gasteiger partial charge on any atom is 0.244 e. The van der Waals surface area contributed by atoms with Crippen LogP contribution in [0.2, 0.25) is 0 Å². The van der Waals surface area contributed by atoms with Gasteiger partial charge in [0.25, 0.3) is 0 Å². The average molecular weight is 151 g/mol. The predicted molar refractivity (Wildman–Crippen MR) is 45.9 cm³/mol. The molecule has 0 heterocycles. The maximum atomic E-state index is 10.9. The standard InChI is InChI=1S/C9H13NO/c1-5-8(4)10-9(11)6-7(2)3/h1,6,8H,2-4H3,(H,10,11). The molecule has 0 saturated carbocycles. The maximum absolute atomic E-state index is 10.9. The lowest BCUT2D eigenvalue weighted by molar-refractivity contribution is -0.116. The molecule has 60 valence electrons. The van der Waals surface area contributed by atoms with Gasteiger partial charge in [0.2, 0.25) is 5.91 Å². The second kappa shape index (κ2) is 4.56. The molecule has 1 amide bonds. The van der Waals surface area contributed by atoms with Gasteiger partial charge >= 0.3 is 0 Å². The molecular weight excluding hydrogens is 138 g/mol. The smallest absolute Gasteiger partial charge is 0.244 e. The van der Waals surface area contributed by atoms with Gasteiger partial charge in [0, 0.05) is 6.08 Å². The van der Waals surface area contributed by atoms with E-state index in [0.717, 1.165) is 5.57 Å². The van der Waals surface area contributed by atoms with Crippen LogP contribution in [0.1, 0.15) is 20.8 Å². The molecule has 0 aliphatic carbocycles. The number of hydrogen-bond donors (Lipinski definition) is 1. The first kappa shape index (κ1) is 9.77. The Labute approximate surface area is 67.7 Å². The topological polar surface area (TPSA) is 29.1 Å². The van der Waals surface area contributed by atoms with Crippen molar-refractivity contribution in [2.75, 3.05) is 0 Å². The Balaban J connectivity index is 3.92. The molecule has 0 aromatic rings. The Kier molecular flexibility index (Phi) is 4.05. The van der Waals surface area contributed by atoms with Gasteiger partial charge in [0.15, 0.2) is 0 Å². The highest BCUT2D eigenvalue weighted by atomic mass is 16.1. The van der Waals surface area contributed by atoms with Crippen molar-refractivity contribution in [3.8, 4) is 12.3 Å². The van der Waals surface area contributed by atoms with Crippen molar-refractivity contribution < 1.29 is 4.79 Å². The zero-order chi connectivity index (χ0) is 8.85. The van der Waals surface area contributed by atoms with Gasteiger partial charge < -0.3 is 5.32 Å². The molecule has 1 unspecified atom stereocenters. The van der Waals surface area contributed by atoms with Crippen LogP contribution in [0, 0.1) is 12.3 Å². The number of allylic oxidation sites excluding steroid dienone is 1. The monoisotopic (exact) mass is 151 g/mol. The zero-order valence-corrected chi connectivity index (χ0v) is 7.14. The molecule has 2 heteroatoms. The van der Waals surface area contributed by atoms with Gasteiger partial charge in [-0.05, 0) is 20.8 Å². The number of nitrogens with one attached hydrogen (secondary N) is 1. The van der Waals surface area contributed by atoms with E-state index >= 15 is 0 Å². The van der Waals surface area contributed by atoms with E-state index in [9.17, 15) is 4.79 Å². The first-order chi connectivity index (χ1) is 5.06. The molecule has 11 heavy (non-hydrogen) atoms. The van der Waals surface area contributed by atoms with Crippen LogP contribution in [0.3, 0.4) is 0 Å². The summed E-state index contributed by atoms with van der Waals surface area (Å²) in [5.74, 6) is 2.28. The average Bonchev–Trinajstić information content (AvgIpc) is 1.85. The highest BCUT2D eigenvalue weighted by molar-refractivity contribution is 5.88. The molecule has 0 saturated heterocycles. The second-order valence-electron chi connectivity index (χ2n) is 2.62. The van der Waals surface area contributed by atoms with Crippen molar-refractivity contribution in [2.24, 2.45) is 0 Å². The minimum Gasteiger partial charge on any atom is -0.339 e. The molecular formula is C9H13NO. The number of amides is 1. The third-order valence-corrected chi connectivity index (χ3v) is 1.03. The molecule has 0 aromatic heterocycles. The summed E-state index contributed by atoms with van der Waals surface area (Å²) in [6.07, 6.45) is 6.59. The Morgan fingerprint density at radius 2 is 2.18 bits per heavy atom. The van der Waals surface area contributed by atoms with Crippen molar-refractivity contribution >= 4 is 5.91 Å². The van der Waals surface area contributed by atoms with Gasteiger partial charge in [0.05, 0.1) is 6.04 Å². The molecule has 2 nitrogen and oxygen atoms in total. The Morgan fingerprint density at radius 1 is 1.64 bits per heavy atom. The van der Waals surface area contributed by atoms with Gasteiger partial charge in [-0.25, -0.2) is 0 Å². The largest absolute Gasteiger partial charge is 0.339 e. The molecule has 0 aromatic carbocycles. The SMILES string of the molecule is C#CC(C)NC(=O)C=C(C)C. The highest BCUT2D eigenvalue weighted by Crippen LogP contribution is 1.88. The summed E-state index contributed by atoms with van der Waals surface area (Å²) in [5.41, 5.74) is 0.965. The summed E-state index contributed by atoms with van der Waals surface area (Å²) in [6, 6.07) is -0.196. The summed E-state index contributed by atoms with van der Waals surface area (Å²) >= 11 is 0. The van der Waals surface area contributed by atoms with Gasteiger partial charge in [-0.2, -0.15) is 0 Å². The molecule has 0 rings (SSSR count). The fraction of sp³-hybridized carbons (Fsp3) is 0.444. The first-order valence-corrected chi connectivity index (χ1v) is 3.47. The van der Waals surface area contributed by atoms with E-state index in [1.807, 2.05) is 13.8 Å². The van der Waals surface area contributed by atoms with E-state index in [1.165, 1.54) is 6.08 Å². The van der Waals surface area contributed by atoms with Crippen LogP contribution in [0.4, 0.5) is 0 Å². The van der Waals surface area contributed by atoms with Crippen molar-refractivity contribution in [3.05, 3.63) is 11.6 Å². The van der Waals surface area contributed by atoms with E-state index in [2.05, 4.69) is 11.2 Å². The van der Waals surface area contributed by atoms with Gasteiger partial charge in [0.1, 0.15) is 0 Å². The van der Waals surface area contributed by atoms with Crippen molar-refractivity contribution in [3.63, 3.8) is 0 Å². The summed E-state index contributed by atoms with van der Waals surface area (Å²) in [4.78, 5) is 10.9. The molecule has 0 fully saturated rings. The van der Waals surface area contributed by atoms with E-state index in [-0.39, 0.29) is 11.9 Å². The summed E-state index contributed by atoms with van der Waals surface area (Å²) in [6.45, 7) is 5.48. The number of carbonyl (C=O) groups excluding carboxylic acids is 1. The zero-order valence-electron chi connectivity index (χ0n) is 7.14. The lowest BCUT2D eigenvalue weighted by Crippen LogP contribution is -2.29. The molecule has 0 aliphatic heterocycles. The summed E-state index contributed by atoms with van der Waals surface area (Å²) in [5, 5.41) is 2.61.